The highest BCUT2D eigenvalue weighted by Gasteiger charge is 2.16. The highest BCUT2D eigenvalue weighted by atomic mass is 32.1. The van der Waals surface area contributed by atoms with Crippen LogP contribution in [0.15, 0.2) is 84.4 Å². The van der Waals surface area contributed by atoms with Crippen molar-refractivity contribution in [3.05, 3.63) is 95.5 Å². The molecule has 0 saturated carbocycles. The third-order valence-electron chi connectivity index (χ3n) is 4.96. The Kier molecular flexibility index (Phi) is 5.09. The van der Waals surface area contributed by atoms with Gasteiger partial charge in [-0.25, -0.2) is 9.97 Å². The predicted octanol–water partition coefficient (Wildman–Crippen LogP) is 5.90. The summed E-state index contributed by atoms with van der Waals surface area (Å²) in [5.74, 6) is 1.37. The van der Waals surface area contributed by atoms with Crippen LogP contribution < -0.4 is 5.32 Å². The van der Waals surface area contributed by atoms with Gasteiger partial charge in [-0.3, -0.25) is 4.98 Å². The fourth-order valence-corrected chi connectivity index (χ4v) is 4.34. The van der Waals surface area contributed by atoms with Gasteiger partial charge in [0.15, 0.2) is 5.82 Å². The van der Waals surface area contributed by atoms with Gasteiger partial charge in [0.05, 0.1) is 17.0 Å². The van der Waals surface area contributed by atoms with Crippen molar-refractivity contribution in [2.75, 3.05) is 5.32 Å². The average Bonchev–Trinajstić information content (AvgIpc) is 3.28. The molecule has 0 atom stereocenters. The van der Waals surface area contributed by atoms with Crippen LogP contribution in [0.2, 0.25) is 0 Å². The van der Waals surface area contributed by atoms with Crippen molar-refractivity contribution in [1.82, 2.24) is 15.0 Å². The van der Waals surface area contributed by atoms with Crippen molar-refractivity contribution in [2.45, 2.75) is 6.54 Å². The van der Waals surface area contributed by atoms with Gasteiger partial charge in [0.1, 0.15) is 16.3 Å². The zero-order valence-corrected chi connectivity index (χ0v) is 17.3. The quantitative estimate of drug-likeness (QED) is 0.384. The maximum Gasteiger partial charge on any atom is 0.181 e. The standard InChI is InChI=1S/C25H17N5S/c26-14-17-9-11-18(12-10-17)15-28-24-22-20(19-6-2-1-3-7-19)16-31-25(22)30-23(29-24)21-8-4-5-13-27-21/h1-13,16H,15H2,(H,28,29,30). The van der Waals surface area contributed by atoms with E-state index < -0.39 is 0 Å². The van der Waals surface area contributed by atoms with Crippen LogP contribution in [0.4, 0.5) is 5.82 Å². The van der Waals surface area contributed by atoms with Crippen LogP contribution >= 0.6 is 11.3 Å². The largest absolute Gasteiger partial charge is 0.365 e. The van der Waals surface area contributed by atoms with E-state index >= 15 is 0 Å². The molecule has 0 fully saturated rings. The number of pyridine rings is 1. The lowest BCUT2D eigenvalue weighted by atomic mass is 10.1. The van der Waals surface area contributed by atoms with E-state index in [-0.39, 0.29) is 0 Å². The summed E-state index contributed by atoms with van der Waals surface area (Å²) in [6, 6.07) is 25.7. The summed E-state index contributed by atoms with van der Waals surface area (Å²) in [6.45, 7) is 0.587. The molecule has 31 heavy (non-hydrogen) atoms. The number of hydrogen-bond acceptors (Lipinski definition) is 6. The molecule has 6 heteroatoms. The number of nitrogens with one attached hydrogen (secondary N) is 1. The Hall–Kier alpha value is -4.08. The fraction of sp³-hybridized carbons (Fsp3) is 0.0400. The average molecular weight is 420 g/mol. The van der Waals surface area contributed by atoms with Gasteiger partial charge in [-0.2, -0.15) is 5.26 Å². The van der Waals surface area contributed by atoms with Gasteiger partial charge in [0, 0.05) is 23.7 Å². The number of benzene rings is 2. The van der Waals surface area contributed by atoms with Gasteiger partial charge in [0.25, 0.3) is 0 Å². The Bertz CT molecular complexity index is 1370. The van der Waals surface area contributed by atoms with E-state index in [4.69, 9.17) is 15.2 Å². The van der Waals surface area contributed by atoms with Crippen LogP contribution in [-0.2, 0) is 6.54 Å². The second-order valence-corrected chi connectivity index (χ2v) is 7.83. The highest BCUT2D eigenvalue weighted by molar-refractivity contribution is 7.17. The second kappa shape index (κ2) is 8.34. The molecule has 0 unspecified atom stereocenters. The van der Waals surface area contributed by atoms with E-state index in [2.05, 4.69) is 33.9 Å². The molecule has 0 aliphatic heterocycles. The van der Waals surface area contributed by atoms with Gasteiger partial charge in [-0.15, -0.1) is 11.3 Å². The van der Waals surface area contributed by atoms with Gasteiger partial charge in [-0.05, 0) is 35.4 Å². The summed E-state index contributed by atoms with van der Waals surface area (Å²) in [4.78, 5) is 15.0. The number of rotatable bonds is 5. The van der Waals surface area contributed by atoms with Crippen molar-refractivity contribution in [3.8, 4) is 28.7 Å². The van der Waals surface area contributed by atoms with Crippen LogP contribution in [0.5, 0.6) is 0 Å². The zero-order chi connectivity index (χ0) is 21.0. The monoisotopic (exact) mass is 419 g/mol. The maximum absolute atomic E-state index is 9.02. The number of anilines is 1. The summed E-state index contributed by atoms with van der Waals surface area (Å²) in [5.41, 5.74) is 4.69. The SMILES string of the molecule is N#Cc1ccc(CNc2nc(-c3ccccn3)nc3scc(-c4ccccc4)c23)cc1. The second-order valence-electron chi connectivity index (χ2n) is 6.97. The normalized spacial score (nSPS) is 10.7. The molecule has 5 nitrogen and oxygen atoms in total. The fourth-order valence-electron chi connectivity index (χ4n) is 3.39. The molecule has 5 rings (SSSR count). The number of fused-ring (bicyclic) bond motifs is 1. The molecule has 3 heterocycles. The summed E-state index contributed by atoms with van der Waals surface area (Å²) >= 11 is 1.60. The van der Waals surface area contributed by atoms with Crippen LogP contribution in [0.1, 0.15) is 11.1 Å². The predicted molar refractivity (Wildman–Crippen MR) is 125 cm³/mol. The molecule has 2 aromatic carbocycles. The smallest absolute Gasteiger partial charge is 0.181 e. The highest BCUT2D eigenvalue weighted by Crippen LogP contribution is 2.38. The minimum atomic E-state index is 0.587. The van der Waals surface area contributed by atoms with Crippen molar-refractivity contribution in [3.63, 3.8) is 0 Å². The van der Waals surface area contributed by atoms with Crippen molar-refractivity contribution >= 4 is 27.4 Å². The lowest BCUT2D eigenvalue weighted by molar-refractivity contribution is 1.10. The van der Waals surface area contributed by atoms with Crippen molar-refractivity contribution in [1.29, 1.82) is 5.26 Å². The first-order valence-electron chi connectivity index (χ1n) is 9.81. The lowest BCUT2D eigenvalue weighted by Crippen LogP contribution is -2.04. The van der Waals surface area contributed by atoms with E-state index in [1.807, 2.05) is 60.7 Å². The molecule has 5 aromatic rings. The molecular weight excluding hydrogens is 402 g/mol. The summed E-state index contributed by atoms with van der Waals surface area (Å²) in [6.07, 6.45) is 1.75. The molecule has 0 bridgehead atoms. The van der Waals surface area contributed by atoms with E-state index in [0.717, 1.165) is 38.4 Å². The van der Waals surface area contributed by atoms with E-state index in [0.29, 0.717) is 17.9 Å². The van der Waals surface area contributed by atoms with Gasteiger partial charge < -0.3 is 5.32 Å². The van der Waals surface area contributed by atoms with Crippen LogP contribution in [0, 0.1) is 11.3 Å². The molecule has 0 spiro atoms. The number of hydrogen-bond donors (Lipinski definition) is 1. The summed E-state index contributed by atoms with van der Waals surface area (Å²) in [7, 11) is 0. The third-order valence-corrected chi connectivity index (χ3v) is 5.83. The first-order valence-corrected chi connectivity index (χ1v) is 10.7. The molecule has 0 saturated heterocycles. The Labute approximate surface area is 183 Å². The molecule has 0 radical (unpaired) electrons. The van der Waals surface area contributed by atoms with Crippen molar-refractivity contribution < 1.29 is 0 Å². The van der Waals surface area contributed by atoms with Crippen LogP contribution in [-0.4, -0.2) is 15.0 Å². The number of nitrogens with zero attached hydrogens (tertiary/aromatic N) is 4. The van der Waals surface area contributed by atoms with Gasteiger partial charge in [-0.1, -0.05) is 48.5 Å². The van der Waals surface area contributed by atoms with Gasteiger partial charge >= 0.3 is 0 Å². The first-order chi connectivity index (χ1) is 15.3. The molecule has 1 N–H and O–H groups in total. The summed E-state index contributed by atoms with van der Waals surface area (Å²) in [5, 5.41) is 15.6. The van der Waals surface area contributed by atoms with Crippen molar-refractivity contribution in [2.24, 2.45) is 0 Å². The van der Waals surface area contributed by atoms with E-state index in [1.54, 1.807) is 17.5 Å². The Balaban J connectivity index is 1.60. The summed E-state index contributed by atoms with van der Waals surface area (Å²) < 4.78 is 0. The maximum atomic E-state index is 9.02. The number of nitriles is 1. The van der Waals surface area contributed by atoms with Crippen LogP contribution in [0.3, 0.4) is 0 Å². The molecule has 0 aliphatic carbocycles. The number of thiophene rings is 1. The molecule has 148 valence electrons. The minimum absolute atomic E-state index is 0.587. The minimum Gasteiger partial charge on any atom is -0.365 e. The van der Waals surface area contributed by atoms with E-state index in [9.17, 15) is 0 Å². The Morgan fingerprint density at radius 1 is 0.903 bits per heavy atom. The van der Waals surface area contributed by atoms with Crippen LogP contribution in [0.25, 0.3) is 32.9 Å². The Morgan fingerprint density at radius 2 is 1.71 bits per heavy atom. The lowest BCUT2D eigenvalue weighted by Gasteiger charge is -2.11. The molecule has 3 aromatic heterocycles. The Morgan fingerprint density at radius 3 is 2.45 bits per heavy atom. The zero-order valence-electron chi connectivity index (χ0n) is 16.5. The topological polar surface area (TPSA) is 74.5 Å². The molecule has 0 aliphatic rings. The first kappa shape index (κ1) is 18.9. The van der Waals surface area contributed by atoms with Gasteiger partial charge in [0.2, 0.25) is 0 Å². The third kappa shape index (κ3) is 3.87. The van der Waals surface area contributed by atoms with E-state index in [1.165, 1.54) is 0 Å². The molecular formula is C25H17N5S. The molecule has 0 amide bonds. The number of aromatic nitrogens is 3.